The van der Waals surface area contributed by atoms with Crippen molar-refractivity contribution in [2.45, 2.75) is 71.3 Å². The molecule has 0 aromatic rings. The van der Waals surface area contributed by atoms with Crippen LogP contribution in [0.15, 0.2) is 0 Å². The van der Waals surface area contributed by atoms with E-state index in [0.717, 1.165) is 0 Å². The molecular formula is C14H25N. The second kappa shape index (κ2) is 2.45. The fourth-order valence-electron chi connectivity index (χ4n) is 6.41. The molecule has 4 fully saturated rings. The van der Waals surface area contributed by atoms with Crippen LogP contribution in [0.1, 0.15) is 65.7 Å². The predicted molar refractivity (Wildman–Crippen MR) is 63.6 cm³/mol. The standard InChI is InChI=1S/C14H25N/c1-4-13-6-11(2)5-12(3,7-13)9-14(15,8-11)10-13/h4-10,15H2,1-3H3/t11-,12+,13?,14?. The monoisotopic (exact) mass is 207 g/mol. The van der Waals surface area contributed by atoms with Crippen LogP contribution in [-0.4, -0.2) is 5.54 Å². The summed E-state index contributed by atoms with van der Waals surface area (Å²) in [6.45, 7) is 7.37. The molecule has 0 aromatic carbocycles. The van der Waals surface area contributed by atoms with Crippen molar-refractivity contribution in [3.8, 4) is 0 Å². The molecule has 86 valence electrons. The molecule has 1 nitrogen and oxygen atoms in total. The van der Waals surface area contributed by atoms with E-state index in [1.807, 2.05) is 0 Å². The molecule has 4 atom stereocenters. The topological polar surface area (TPSA) is 26.0 Å². The molecule has 2 unspecified atom stereocenters. The highest BCUT2D eigenvalue weighted by Gasteiger charge is 2.63. The maximum absolute atomic E-state index is 6.65. The lowest BCUT2D eigenvalue weighted by Crippen LogP contribution is -2.65. The Labute approximate surface area is 93.8 Å². The molecule has 4 aliphatic rings. The summed E-state index contributed by atoms with van der Waals surface area (Å²) < 4.78 is 0. The van der Waals surface area contributed by atoms with Crippen LogP contribution in [0.3, 0.4) is 0 Å². The lowest BCUT2D eigenvalue weighted by Gasteiger charge is -2.69. The molecule has 0 saturated heterocycles. The van der Waals surface area contributed by atoms with Crippen LogP contribution in [0.4, 0.5) is 0 Å². The largest absolute Gasteiger partial charge is 0.325 e. The third-order valence-electron chi connectivity index (χ3n) is 5.49. The average Bonchev–Trinajstić information content (AvgIpc) is 1.94. The molecule has 0 radical (unpaired) electrons. The van der Waals surface area contributed by atoms with Crippen molar-refractivity contribution < 1.29 is 0 Å². The Morgan fingerprint density at radius 2 is 1.40 bits per heavy atom. The number of hydrogen-bond donors (Lipinski definition) is 1. The zero-order valence-electron chi connectivity index (χ0n) is 10.5. The fourth-order valence-corrected chi connectivity index (χ4v) is 6.41. The average molecular weight is 207 g/mol. The second-order valence-electron chi connectivity index (χ2n) is 7.90. The zero-order chi connectivity index (χ0) is 10.9. The van der Waals surface area contributed by atoms with E-state index in [-0.39, 0.29) is 5.54 Å². The smallest absolute Gasteiger partial charge is 0.0170 e. The molecule has 0 aromatic heterocycles. The van der Waals surface area contributed by atoms with Gasteiger partial charge in [0.25, 0.3) is 0 Å². The minimum absolute atomic E-state index is 0.189. The van der Waals surface area contributed by atoms with Crippen molar-refractivity contribution >= 4 is 0 Å². The van der Waals surface area contributed by atoms with Crippen LogP contribution in [0.25, 0.3) is 0 Å². The van der Waals surface area contributed by atoms with E-state index >= 15 is 0 Å². The van der Waals surface area contributed by atoms with Gasteiger partial charge in [-0.2, -0.15) is 0 Å². The van der Waals surface area contributed by atoms with Crippen molar-refractivity contribution in [3.63, 3.8) is 0 Å². The molecule has 4 aliphatic carbocycles. The quantitative estimate of drug-likeness (QED) is 0.700. The SMILES string of the molecule is CCC12CC3(N)C[C@@](C)(C1)C[C@](C)(C3)C2. The molecule has 0 spiro atoms. The third-order valence-corrected chi connectivity index (χ3v) is 5.49. The Balaban J connectivity index is 2.06. The molecule has 4 rings (SSSR count). The van der Waals surface area contributed by atoms with Crippen LogP contribution >= 0.6 is 0 Å². The van der Waals surface area contributed by atoms with Gasteiger partial charge in [0.05, 0.1) is 0 Å². The first-order valence-corrected chi connectivity index (χ1v) is 6.59. The molecular weight excluding hydrogens is 182 g/mol. The van der Waals surface area contributed by atoms with E-state index < -0.39 is 0 Å². The van der Waals surface area contributed by atoms with Gasteiger partial charge in [-0.05, 0) is 54.8 Å². The lowest BCUT2D eigenvalue weighted by molar-refractivity contribution is -0.156. The van der Waals surface area contributed by atoms with Crippen LogP contribution < -0.4 is 5.73 Å². The van der Waals surface area contributed by atoms with Gasteiger partial charge in [0, 0.05) is 5.54 Å². The Morgan fingerprint density at radius 1 is 0.867 bits per heavy atom. The fraction of sp³-hybridized carbons (Fsp3) is 1.00. The summed E-state index contributed by atoms with van der Waals surface area (Å²) in [6.07, 6.45) is 9.56. The van der Waals surface area contributed by atoms with Gasteiger partial charge in [-0.25, -0.2) is 0 Å². The maximum atomic E-state index is 6.65. The summed E-state index contributed by atoms with van der Waals surface area (Å²) in [6, 6.07) is 0. The number of nitrogens with two attached hydrogens (primary N) is 1. The lowest BCUT2D eigenvalue weighted by atomic mass is 9.38. The van der Waals surface area contributed by atoms with Gasteiger partial charge < -0.3 is 5.73 Å². The predicted octanol–water partition coefficient (Wildman–Crippen LogP) is 3.47. The first-order chi connectivity index (χ1) is 6.80. The summed E-state index contributed by atoms with van der Waals surface area (Å²) >= 11 is 0. The summed E-state index contributed by atoms with van der Waals surface area (Å²) in [4.78, 5) is 0. The Kier molecular flexibility index (Phi) is 1.65. The second-order valence-corrected chi connectivity index (χ2v) is 7.90. The summed E-state index contributed by atoms with van der Waals surface area (Å²) in [5.41, 5.74) is 8.57. The van der Waals surface area contributed by atoms with Crippen LogP contribution in [-0.2, 0) is 0 Å². The van der Waals surface area contributed by atoms with Gasteiger partial charge in [0.2, 0.25) is 0 Å². The van der Waals surface area contributed by atoms with Crippen LogP contribution in [0.5, 0.6) is 0 Å². The van der Waals surface area contributed by atoms with Gasteiger partial charge in [-0.3, -0.25) is 0 Å². The molecule has 4 saturated carbocycles. The summed E-state index contributed by atoms with van der Waals surface area (Å²) in [7, 11) is 0. The molecule has 0 amide bonds. The number of rotatable bonds is 1. The molecule has 15 heavy (non-hydrogen) atoms. The van der Waals surface area contributed by atoms with Crippen molar-refractivity contribution in [2.24, 2.45) is 22.0 Å². The third kappa shape index (κ3) is 1.32. The van der Waals surface area contributed by atoms with Gasteiger partial charge >= 0.3 is 0 Å². The van der Waals surface area contributed by atoms with Gasteiger partial charge in [-0.15, -0.1) is 0 Å². The minimum Gasteiger partial charge on any atom is -0.325 e. The Hall–Kier alpha value is -0.0400. The first kappa shape index (κ1) is 10.1. The summed E-state index contributed by atoms with van der Waals surface area (Å²) in [5, 5.41) is 0. The molecule has 0 aliphatic heterocycles. The van der Waals surface area contributed by atoms with E-state index in [1.165, 1.54) is 44.9 Å². The minimum atomic E-state index is 0.189. The highest BCUT2D eigenvalue weighted by molar-refractivity contribution is 5.17. The first-order valence-electron chi connectivity index (χ1n) is 6.59. The van der Waals surface area contributed by atoms with Crippen molar-refractivity contribution in [1.82, 2.24) is 0 Å². The van der Waals surface area contributed by atoms with E-state index in [9.17, 15) is 0 Å². The Morgan fingerprint density at radius 3 is 1.80 bits per heavy atom. The number of hydrogen-bond acceptors (Lipinski definition) is 1. The van der Waals surface area contributed by atoms with Crippen LogP contribution in [0, 0.1) is 16.2 Å². The van der Waals surface area contributed by atoms with Crippen LogP contribution in [0.2, 0.25) is 0 Å². The van der Waals surface area contributed by atoms with Gasteiger partial charge in [0.1, 0.15) is 0 Å². The molecule has 4 bridgehead atoms. The normalized spacial score (nSPS) is 62.4. The van der Waals surface area contributed by atoms with E-state index in [0.29, 0.717) is 16.2 Å². The van der Waals surface area contributed by atoms with Gasteiger partial charge in [0.15, 0.2) is 0 Å². The van der Waals surface area contributed by atoms with Crippen molar-refractivity contribution in [2.75, 3.05) is 0 Å². The Bertz CT molecular complexity index is 253. The maximum Gasteiger partial charge on any atom is 0.0170 e. The molecule has 2 N–H and O–H groups in total. The van der Waals surface area contributed by atoms with E-state index in [4.69, 9.17) is 5.73 Å². The van der Waals surface area contributed by atoms with Crippen molar-refractivity contribution in [3.05, 3.63) is 0 Å². The van der Waals surface area contributed by atoms with E-state index in [1.54, 1.807) is 0 Å². The van der Waals surface area contributed by atoms with Crippen molar-refractivity contribution in [1.29, 1.82) is 0 Å². The van der Waals surface area contributed by atoms with Gasteiger partial charge in [-0.1, -0.05) is 27.2 Å². The molecule has 0 heterocycles. The van der Waals surface area contributed by atoms with E-state index in [2.05, 4.69) is 20.8 Å². The highest BCUT2D eigenvalue weighted by Crippen LogP contribution is 2.70. The zero-order valence-corrected chi connectivity index (χ0v) is 10.5. The molecule has 1 heteroatoms. The highest BCUT2D eigenvalue weighted by atomic mass is 14.8. The summed E-state index contributed by atoms with van der Waals surface area (Å²) in [5.74, 6) is 0.